The zero-order valence-corrected chi connectivity index (χ0v) is 20.4. The summed E-state index contributed by atoms with van der Waals surface area (Å²) in [5.41, 5.74) is 5.17. The van der Waals surface area contributed by atoms with Crippen molar-refractivity contribution in [1.29, 1.82) is 0 Å². The van der Waals surface area contributed by atoms with Crippen LogP contribution in [0.5, 0.6) is 11.8 Å². The number of nitrogens with zero attached hydrogens (tertiary/aromatic N) is 3. The zero-order valence-electron chi connectivity index (χ0n) is 20.4. The molecule has 0 fully saturated rings. The van der Waals surface area contributed by atoms with E-state index in [1.54, 1.807) is 24.5 Å². The minimum atomic E-state index is -1.02. The second kappa shape index (κ2) is 10.9. The van der Waals surface area contributed by atoms with Crippen LogP contribution in [0.25, 0.3) is 28.1 Å². The van der Waals surface area contributed by atoms with Crippen molar-refractivity contribution < 1.29 is 19.0 Å². The third-order valence-corrected chi connectivity index (χ3v) is 6.05. The van der Waals surface area contributed by atoms with Crippen LogP contribution in [0.2, 0.25) is 0 Å². The third-order valence-electron chi connectivity index (χ3n) is 6.05. The van der Waals surface area contributed by atoms with E-state index in [-0.39, 0.29) is 11.8 Å². The van der Waals surface area contributed by atoms with Crippen molar-refractivity contribution in [1.82, 2.24) is 20.2 Å². The molecular weight excluding hydrogens is 483 g/mol. The molecule has 0 amide bonds. The average Bonchev–Trinajstić information content (AvgIpc) is 3.43. The largest absolute Gasteiger partial charge is 0.478 e. The van der Waals surface area contributed by atoms with Gasteiger partial charge in [-0.1, -0.05) is 43.3 Å². The lowest BCUT2D eigenvalue weighted by Crippen LogP contribution is -1.99. The first kappa shape index (κ1) is 24.6. The van der Waals surface area contributed by atoms with Crippen LogP contribution < -0.4 is 4.74 Å². The van der Waals surface area contributed by atoms with Gasteiger partial charge in [0.2, 0.25) is 0 Å². The topological polar surface area (TPSA) is 101 Å². The van der Waals surface area contributed by atoms with Crippen molar-refractivity contribution in [3.8, 4) is 11.8 Å². The number of aromatic nitrogens is 4. The number of fused-ring (bicyclic) bond motifs is 1. The van der Waals surface area contributed by atoms with Crippen molar-refractivity contribution in [2.24, 2.45) is 0 Å². The lowest BCUT2D eigenvalue weighted by atomic mass is 9.87. The molecule has 0 aliphatic heterocycles. The molecule has 5 rings (SSSR count). The molecule has 3 aromatic carbocycles. The van der Waals surface area contributed by atoms with Crippen molar-refractivity contribution in [2.75, 3.05) is 0 Å². The molecule has 0 saturated carbocycles. The van der Waals surface area contributed by atoms with E-state index in [0.717, 1.165) is 33.9 Å². The van der Waals surface area contributed by atoms with Crippen LogP contribution in [0.1, 0.15) is 35.6 Å². The Morgan fingerprint density at radius 2 is 1.71 bits per heavy atom. The van der Waals surface area contributed by atoms with Gasteiger partial charge in [0, 0.05) is 24.0 Å². The summed E-state index contributed by atoms with van der Waals surface area (Å²) in [5.74, 6) is -0.810. The molecule has 5 aromatic rings. The minimum Gasteiger partial charge on any atom is -0.478 e. The maximum atomic E-state index is 15.8. The fourth-order valence-corrected chi connectivity index (χ4v) is 4.29. The smallest absolute Gasteiger partial charge is 0.328 e. The van der Waals surface area contributed by atoms with E-state index in [4.69, 9.17) is 9.84 Å². The fraction of sp³-hybridized carbons (Fsp3) is 0.0667. The molecule has 7 nitrogen and oxygen atoms in total. The van der Waals surface area contributed by atoms with Crippen LogP contribution in [0.3, 0.4) is 0 Å². The Balaban J connectivity index is 1.62. The van der Waals surface area contributed by atoms with Crippen LogP contribution >= 0.6 is 0 Å². The number of rotatable bonds is 8. The number of H-pyrrole nitrogens is 1. The molecule has 0 saturated heterocycles. The first-order chi connectivity index (χ1) is 18.5. The highest BCUT2D eigenvalue weighted by atomic mass is 19.1. The van der Waals surface area contributed by atoms with E-state index in [0.29, 0.717) is 28.6 Å². The van der Waals surface area contributed by atoms with Gasteiger partial charge in [0.05, 0.1) is 17.1 Å². The summed E-state index contributed by atoms with van der Waals surface area (Å²) in [6, 6.07) is 20.4. The fourth-order valence-electron chi connectivity index (χ4n) is 4.29. The van der Waals surface area contributed by atoms with E-state index in [9.17, 15) is 4.79 Å². The van der Waals surface area contributed by atoms with Gasteiger partial charge in [0.1, 0.15) is 11.6 Å². The molecule has 0 bridgehead atoms. The highest BCUT2D eigenvalue weighted by Gasteiger charge is 2.19. The summed E-state index contributed by atoms with van der Waals surface area (Å²) < 4.78 is 21.6. The number of benzene rings is 3. The molecule has 0 unspecified atom stereocenters. The van der Waals surface area contributed by atoms with Crippen LogP contribution in [0.15, 0.2) is 91.4 Å². The Labute approximate surface area is 218 Å². The number of hydrogen-bond acceptors (Lipinski definition) is 5. The number of allylic oxidation sites excluding steroid dienone is 1. The van der Waals surface area contributed by atoms with E-state index in [2.05, 4.69) is 20.2 Å². The second-order valence-corrected chi connectivity index (χ2v) is 8.42. The third kappa shape index (κ3) is 5.19. The van der Waals surface area contributed by atoms with Crippen LogP contribution in [0.4, 0.5) is 4.39 Å². The number of carboxylic acids is 1. The number of carbonyl (C=O) groups is 1. The maximum absolute atomic E-state index is 15.8. The Bertz CT molecular complexity index is 1640. The number of aliphatic carboxylic acids is 1. The molecule has 2 N–H and O–H groups in total. The number of ether oxygens (including phenoxy) is 1. The molecule has 2 aromatic heterocycles. The molecule has 0 aliphatic rings. The van der Waals surface area contributed by atoms with E-state index >= 15 is 4.39 Å². The van der Waals surface area contributed by atoms with Gasteiger partial charge in [-0.25, -0.2) is 19.2 Å². The molecular formula is C30H23FN4O3. The molecule has 2 heterocycles. The summed E-state index contributed by atoms with van der Waals surface area (Å²) in [6.45, 7) is 2.02. The summed E-state index contributed by atoms with van der Waals surface area (Å²) in [7, 11) is 0. The van der Waals surface area contributed by atoms with Gasteiger partial charge < -0.3 is 9.84 Å². The van der Waals surface area contributed by atoms with Crippen molar-refractivity contribution in [3.05, 3.63) is 119 Å². The average molecular weight is 507 g/mol. The van der Waals surface area contributed by atoms with Gasteiger partial charge in [0.15, 0.2) is 0 Å². The van der Waals surface area contributed by atoms with E-state index in [1.165, 1.54) is 12.3 Å². The predicted molar refractivity (Wildman–Crippen MR) is 144 cm³/mol. The van der Waals surface area contributed by atoms with Gasteiger partial charge >= 0.3 is 12.0 Å². The molecule has 8 heteroatoms. The summed E-state index contributed by atoms with van der Waals surface area (Å²) in [6.07, 6.45) is 7.92. The highest BCUT2D eigenvalue weighted by molar-refractivity contribution is 6.01. The van der Waals surface area contributed by atoms with Gasteiger partial charge in [-0.3, -0.25) is 5.10 Å². The molecule has 0 atom stereocenters. The molecule has 0 radical (unpaired) electrons. The maximum Gasteiger partial charge on any atom is 0.328 e. The zero-order chi connectivity index (χ0) is 26.5. The SMILES string of the molecule is CCC(=C(c1ccc(C=CC(=O)O)cc1)c1ccc2[nH]ncc2c1F)c1ccc(Oc2ncccn2)cc1. The van der Waals surface area contributed by atoms with E-state index in [1.807, 2.05) is 61.5 Å². The van der Waals surface area contributed by atoms with Crippen LogP contribution in [-0.2, 0) is 4.79 Å². The molecule has 188 valence electrons. The molecule has 0 spiro atoms. The molecule has 38 heavy (non-hydrogen) atoms. The predicted octanol–water partition coefficient (Wildman–Crippen LogP) is 6.75. The molecule has 0 aliphatic carbocycles. The van der Waals surface area contributed by atoms with Gasteiger partial charge in [-0.2, -0.15) is 5.10 Å². The Morgan fingerprint density at radius 1 is 1.00 bits per heavy atom. The Kier molecular flexibility index (Phi) is 7.04. The number of nitrogens with one attached hydrogen (secondary N) is 1. The first-order valence-corrected chi connectivity index (χ1v) is 12.0. The first-order valence-electron chi connectivity index (χ1n) is 12.0. The number of hydrogen-bond donors (Lipinski definition) is 2. The Hall–Kier alpha value is -5.11. The van der Waals surface area contributed by atoms with Gasteiger partial charge in [-0.15, -0.1) is 0 Å². The number of carboxylic acid groups (broad SMARTS) is 1. The van der Waals surface area contributed by atoms with Crippen LogP contribution in [-0.4, -0.2) is 31.2 Å². The minimum absolute atomic E-state index is 0.250. The number of aromatic amines is 1. The second-order valence-electron chi connectivity index (χ2n) is 8.42. The van der Waals surface area contributed by atoms with Crippen molar-refractivity contribution in [3.63, 3.8) is 0 Å². The van der Waals surface area contributed by atoms with Crippen molar-refractivity contribution in [2.45, 2.75) is 13.3 Å². The van der Waals surface area contributed by atoms with Crippen molar-refractivity contribution >= 4 is 34.1 Å². The summed E-state index contributed by atoms with van der Waals surface area (Å²) >= 11 is 0. The summed E-state index contributed by atoms with van der Waals surface area (Å²) in [5, 5.41) is 16.1. The highest BCUT2D eigenvalue weighted by Crippen LogP contribution is 2.38. The van der Waals surface area contributed by atoms with Gasteiger partial charge in [0.25, 0.3) is 0 Å². The Morgan fingerprint density at radius 3 is 2.39 bits per heavy atom. The lowest BCUT2D eigenvalue weighted by molar-refractivity contribution is -0.131. The quantitative estimate of drug-likeness (QED) is 0.178. The van der Waals surface area contributed by atoms with E-state index < -0.39 is 5.97 Å². The number of halogens is 1. The van der Waals surface area contributed by atoms with Crippen LogP contribution in [0, 0.1) is 5.82 Å². The lowest BCUT2D eigenvalue weighted by Gasteiger charge is -2.18. The summed E-state index contributed by atoms with van der Waals surface area (Å²) in [4.78, 5) is 19.1. The standard InChI is InChI=1S/C30H23FN4O3/c1-2-23(20-9-11-22(12-10-20)38-30-32-16-3-17-33-30)28(21-7-4-19(5-8-21)6-15-27(36)37)24-13-14-26-25(29(24)31)18-34-35-26/h3-18H,2H2,1H3,(H,34,35)(H,36,37). The normalized spacial score (nSPS) is 12.1. The van der Waals surface area contributed by atoms with Gasteiger partial charge in [-0.05, 0) is 70.7 Å². The monoisotopic (exact) mass is 506 g/mol.